The zero-order valence-corrected chi connectivity index (χ0v) is 17.6. The summed E-state index contributed by atoms with van der Waals surface area (Å²) >= 11 is 0. The van der Waals surface area contributed by atoms with Crippen molar-refractivity contribution < 1.29 is 31.8 Å². The molecule has 0 bridgehead atoms. The minimum absolute atomic E-state index is 0.0244. The van der Waals surface area contributed by atoms with E-state index in [1.165, 1.54) is 24.4 Å². The molecule has 7 nitrogen and oxygen atoms in total. The second-order valence-corrected chi connectivity index (χ2v) is 8.03. The Morgan fingerprint density at radius 2 is 1.94 bits per heavy atom. The van der Waals surface area contributed by atoms with Crippen LogP contribution in [0.1, 0.15) is 32.9 Å². The SMILES string of the molecule is CC(C)CC(C)(COc1ccc(-c2ccnc3cc(C(F)(F)F)nn23)cc1F)OC(N)=O. The van der Waals surface area contributed by atoms with Crippen LogP contribution in [0.25, 0.3) is 16.9 Å². The number of hydrogen-bond acceptors (Lipinski definition) is 5. The van der Waals surface area contributed by atoms with Crippen molar-refractivity contribution in [2.75, 3.05) is 6.61 Å². The Hall–Kier alpha value is -3.37. The van der Waals surface area contributed by atoms with Crippen molar-refractivity contribution in [2.45, 2.75) is 39.0 Å². The van der Waals surface area contributed by atoms with Crippen molar-refractivity contribution in [1.82, 2.24) is 14.6 Å². The number of nitrogens with two attached hydrogens (primary N) is 1. The van der Waals surface area contributed by atoms with Gasteiger partial charge < -0.3 is 15.2 Å². The molecule has 1 amide bonds. The smallest absolute Gasteiger partial charge is 0.435 e. The average molecular weight is 454 g/mol. The van der Waals surface area contributed by atoms with Crippen LogP contribution < -0.4 is 10.5 Å². The van der Waals surface area contributed by atoms with E-state index in [1.54, 1.807) is 6.92 Å². The molecule has 1 aromatic carbocycles. The fraction of sp³-hybridized carbons (Fsp3) is 0.381. The highest BCUT2D eigenvalue weighted by Gasteiger charge is 2.35. The molecule has 32 heavy (non-hydrogen) atoms. The van der Waals surface area contributed by atoms with Crippen LogP contribution in [0.5, 0.6) is 5.75 Å². The van der Waals surface area contributed by atoms with Gasteiger partial charge in [0.05, 0.1) is 5.69 Å². The zero-order chi connectivity index (χ0) is 23.7. The number of carbonyl (C=O) groups is 1. The van der Waals surface area contributed by atoms with Crippen molar-refractivity contribution >= 4 is 11.7 Å². The predicted octanol–water partition coefficient (Wildman–Crippen LogP) is 4.83. The Morgan fingerprint density at radius 3 is 2.53 bits per heavy atom. The van der Waals surface area contributed by atoms with Crippen LogP contribution in [0.2, 0.25) is 0 Å². The lowest BCUT2D eigenvalue weighted by Crippen LogP contribution is -2.41. The lowest BCUT2D eigenvalue weighted by Gasteiger charge is -2.30. The minimum Gasteiger partial charge on any atom is -0.486 e. The second-order valence-electron chi connectivity index (χ2n) is 8.03. The summed E-state index contributed by atoms with van der Waals surface area (Å²) in [4.78, 5) is 15.1. The third-order valence-electron chi connectivity index (χ3n) is 4.60. The number of ether oxygens (including phenoxy) is 2. The number of rotatable bonds is 7. The van der Waals surface area contributed by atoms with Crippen molar-refractivity contribution in [1.29, 1.82) is 0 Å². The Bertz CT molecular complexity index is 1130. The fourth-order valence-electron chi connectivity index (χ4n) is 3.50. The first-order valence-corrected chi connectivity index (χ1v) is 9.71. The Balaban J connectivity index is 1.87. The Morgan fingerprint density at radius 1 is 1.22 bits per heavy atom. The summed E-state index contributed by atoms with van der Waals surface area (Å²) in [7, 11) is 0. The first-order valence-electron chi connectivity index (χ1n) is 9.71. The van der Waals surface area contributed by atoms with Crippen LogP contribution in [-0.2, 0) is 10.9 Å². The van der Waals surface area contributed by atoms with Crippen molar-refractivity contribution in [3.8, 4) is 17.0 Å². The van der Waals surface area contributed by atoms with Gasteiger partial charge >= 0.3 is 12.3 Å². The van der Waals surface area contributed by atoms with E-state index in [2.05, 4.69) is 10.1 Å². The van der Waals surface area contributed by atoms with Gasteiger partial charge in [0.25, 0.3) is 0 Å². The number of carbonyl (C=O) groups excluding carboxylic acids is 1. The molecule has 2 aromatic heterocycles. The number of benzene rings is 1. The number of aromatic nitrogens is 3. The molecule has 172 valence electrons. The summed E-state index contributed by atoms with van der Waals surface area (Å²) in [6.45, 7) is 5.34. The molecule has 11 heteroatoms. The third kappa shape index (κ3) is 5.27. The third-order valence-corrected chi connectivity index (χ3v) is 4.60. The number of alkyl halides is 3. The topological polar surface area (TPSA) is 91.7 Å². The van der Waals surface area contributed by atoms with Gasteiger partial charge in [-0.25, -0.2) is 18.7 Å². The maximum absolute atomic E-state index is 14.7. The van der Waals surface area contributed by atoms with Crippen LogP contribution in [0.3, 0.4) is 0 Å². The van der Waals surface area contributed by atoms with Crippen molar-refractivity contribution in [3.63, 3.8) is 0 Å². The van der Waals surface area contributed by atoms with Gasteiger partial charge in [0, 0.05) is 17.8 Å². The molecule has 0 aliphatic carbocycles. The Kier molecular flexibility index (Phi) is 6.29. The molecule has 3 rings (SSSR count). The molecule has 0 spiro atoms. The summed E-state index contributed by atoms with van der Waals surface area (Å²) in [5, 5.41) is 3.55. The highest BCUT2D eigenvalue weighted by Crippen LogP contribution is 2.31. The number of nitrogens with zero attached hydrogens (tertiary/aromatic N) is 3. The summed E-state index contributed by atoms with van der Waals surface area (Å²) in [5.41, 5.74) is 3.44. The van der Waals surface area contributed by atoms with E-state index < -0.39 is 29.4 Å². The van der Waals surface area contributed by atoms with E-state index in [0.29, 0.717) is 6.42 Å². The highest BCUT2D eigenvalue weighted by atomic mass is 19.4. The molecule has 2 heterocycles. The molecule has 1 unspecified atom stereocenters. The summed E-state index contributed by atoms with van der Waals surface area (Å²) < 4.78 is 65.4. The molecule has 3 aromatic rings. The van der Waals surface area contributed by atoms with Gasteiger partial charge in [-0.05, 0) is 43.5 Å². The van der Waals surface area contributed by atoms with Crippen LogP contribution in [0.4, 0.5) is 22.4 Å². The first-order chi connectivity index (χ1) is 14.9. The molecule has 0 saturated heterocycles. The second kappa shape index (κ2) is 8.64. The van der Waals surface area contributed by atoms with Gasteiger partial charge in [-0.2, -0.15) is 18.3 Å². The number of amides is 1. The maximum Gasteiger partial charge on any atom is 0.435 e. The summed E-state index contributed by atoms with van der Waals surface area (Å²) in [6.07, 6.45) is -3.85. The largest absolute Gasteiger partial charge is 0.486 e. The average Bonchev–Trinajstić information content (AvgIpc) is 3.10. The molecule has 0 aliphatic rings. The molecular formula is C21H22F4N4O3. The fourth-order valence-corrected chi connectivity index (χ4v) is 3.50. The van der Waals surface area contributed by atoms with E-state index in [-0.39, 0.29) is 35.2 Å². The van der Waals surface area contributed by atoms with Crippen molar-refractivity contribution in [2.24, 2.45) is 11.7 Å². The predicted molar refractivity (Wildman–Crippen MR) is 107 cm³/mol. The quantitative estimate of drug-likeness (QED) is 0.516. The molecule has 0 saturated carbocycles. The van der Waals surface area contributed by atoms with Crippen molar-refractivity contribution in [3.05, 3.63) is 48.0 Å². The van der Waals surface area contributed by atoms with Gasteiger partial charge in [-0.1, -0.05) is 13.8 Å². The molecular weight excluding hydrogens is 432 g/mol. The van der Waals surface area contributed by atoms with E-state index in [0.717, 1.165) is 16.6 Å². The number of primary amides is 1. The first kappa shape index (κ1) is 23.3. The van der Waals surface area contributed by atoms with E-state index in [4.69, 9.17) is 15.2 Å². The standard InChI is InChI=1S/C21H22F4N4O3/c1-12(2)10-20(3,32-19(26)30)11-31-16-5-4-13(8-14(16)22)15-6-7-27-18-9-17(21(23,24)25)28-29(15)18/h4-9,12H,10-11H2,1-3H3,(H2,26,30). The van der Waals surface area contributed by atoms with Crippen LogP contribution in [0, 0.1) is 11.7 Å². The number of hydrogen-bond donors (Lipinski definition) is 1. The number of halogens is 4. The minimum atomic E-state index is -4.64. The number of fused-ring (bicyclic) bond motifs is 1. The molecule has 1 atom stereocenters. The van der Waals surface area contributed by atoms with Crippen LogP contribution in [-0.4, -0.2) is 32.9 Å². The highest BCUT2D eigenvalue weighted by molar-refractivity contribution is 5.65. The van der Waals surface area contributed by atoms with E-state index in [9.17, 15) is 22.4 Å². The monoisotopic (exact) mass is 454 g/mol. The van der Waals surface area contributed by atoms with Crippen LogP contribution in [0.15, 0.2) is 36.5 Å². The van der Waals surface area contributed by atoms with E-state index in [1.807, 2.05) is 13.8 Å². The molecule has 0 radical (unpaired) electrons. The van der Waals surface area contributed by atoms with Gasteiger partial charge in [0.15, 0.2) is 22.9 Å². The molecule has 0 fully saturated rings. The molecule has 2 N–H and O–H groups in total. The summed E-state index contributed by atoms with van der Waals surface area (Å²) in [6, 6.07) is 6.18. The van der Waals surface area contributed by atoms with Crippen LogP contribution >= 0.6 is 0 Å². The zero-order valence-electron chi connectivity index (χ0n) is 17.6. The van der Waals surface area contributed by atoms with Gasteiger partial charge in [0.1, 0.15) is 12.2 Å². The van der Waals surface area contributed by atoms with Gasteiger partial charge in [-0.15, -0.1) is 0 Å². The maximum atomic E-state index is 14.7. The van der Waals surface area contributed by atoms with Gasteiger partial charge in [0.2, 0.25) is 0 Å². The normalized spacial score (nSPS) is 13.9. The lowest BCUT2D eigenvalue weighted by molar-refractivity contribution is -0.141. The molecule has 0 aliphatic heterocycles. The lowest BCUT2D eigenvalue weighted by atomic mass is 9.95. The summed E-state index contributed by atoms with van der Waals surface area (Å²) in [5.74, 6) is -0.708. The Labute approximate surface area is 181 Å². The van der Waals surface area contributed by atoms with Gasteiger partial charge in [-0.3, -0.25) is 0 Å². The van der Waals surface area contributed by atoms with E-state index >= 15 is 0 Å².